The minimum Gasteiger partial charge on any atom is -0.497 e. The Hall–Kier alpha value is -2.41. The van der Waals surface area contributed by atoms with Gasteiger partial charge in [0, 0.05) is 12.2 Å². The van der Waals surface area contributed by atoms with Crippen molar-refractivity contribution in [2.45, 2.75) is 13.5 Å². The Kier molecular flexibility index (Phi) is 3.24. The van der Waals surface area contributed by atoms with Gasteiger partial charge in [-0.2, -0.15) is 5.26 Å². The van der Waals surface area contributed by atoms with E-state index in [0.717, 1.165) is 17.0 Å². The molecule has 1 heterocycles. The van der Waals surface area contributed by atoms with Crippen LogP contribution in [-0.4, -0.2) is 11.7 Å². The highest BCUT2D eigenvalue weighted by atomic mass is 16.5. The molecule has 0 radical (unpaired) electrons. The molecule has 2 N–H and O–H groups in total. The zero-order valence-electron chi connectivity index (χ0n) is 10.5. The van der Waals surface area contributed by atoms with Gasteiger partial charge in [0.15, 0.2) is 0 Å². The van der Waals surface area contributed by atoms with Crippen LogP contribution in [0.5, 0.6) is 5.75 Å². The second-order valence-corrected chi connectivity index (χ2v) is 4.12. The van der Waals surface area contributed by atoms with Gasteiger partial charge in [-0.1, -0.05) is 12.1 Å². The smallest absolute Gasteiger partial charge is 0.122 e. The standard InChI is InChI=1S/C14H15N3O/c1-10-14(16)7-12(8-15)17(10)9-11-3-5-13(18-2)6-4-11/h3-7H,9,16H2,1-2H3. The van der Waals surface area contributed by atoms with Crippen LogP contribution in [0, 0.1) is 18.3 Å². The molecule has 2 rings (SSSR count). The van der Waals surface area contributed by atoms with Crippen molar-refractivity contribution in [1.82, 2.24) is 4.57 Å². The molecule has 0 spiro atoms. The number of hydrogen-bond donors (Lipinski definition) is 1. The van der Waals surface area contributed by atoms with E-state index in [9.17, 15) is 0 Å². The topological polar surface area (TPSA) is 64.0 Å². The van der Waals surface area contributed by atoms with E-state index in [1.54, 1.807) is 13.2 Å². The fourth-order valence-corrected chi connectivity index (χ4v) is 1.88. The highest BCUT2D eigenvalue weighted by Crippen LogP contribution is 2.19. The van der Waals surface area contributed by atoms with E-state index >= 15 is 0 Å². The van der Waals surface area contributed by atoms with Crippen molar-refractivity contribution in [3.63, 3.8) is 0 Å². The van der Waals surface area contributed by atoms with Crippen molar-refractivity contribution >= 4 is 5.69 Å². The number of rotatable bonds is 3. The zero-order valence-corrected chi connectivity index (χ0v) is 10.5. The molecule has 0 saturated heterocycles. The van der Waals surface area contributed by atoms with Crippen LogP contribution in [0.25, 0.3) is 0 Å². The first kappa shape index (κ1) is 12.1. The third-order valence-corrected chi connectivity index (χ3v) is 3.02. The van der Waals surface area contributed by atoms with Crippen LogP contribution in [0.1, 0.15) is 17.0 Å². The summed E-state index contributed by atoms with van der Waals surface area (Å²) in [5.74, 6) is 0.822. The third-order valence-electron chi connectivity index (χ3n) is 3.02. The lowest BCUT2D eigenvalue weighted by Gasteiger charge is -2.09. The summed E-state index contributed by atoms with van der Waals surface area (Å²) in [5, 5.41) is 9.07. The van der Waals surface area contributed by atoms with Crippen LogP contribution >= 0.6 is 0 Å². The largest absolute Gasteiger partial charge is 0.497 e. The van der Waals surface area contributed by atoms with Crippen LogP contribution in [0.3, 0.4) is 0 Å². The van der Waals surface area contributed by atoms with Gasteiger partial charge in [0.25, 0.3) is 0 Å². The van der Waals surface area contributed by atoms with Crippen LogP contribution in [0.4, 0.5) is 5.69 Å². The van der Waals surface area contributed by atoms with Gasteiger partial charge in [-0.05, 0) is 30.7 Å². The summed E-state index contributed by atoms with van der Waals surface area (Å²) < 4.78 is 7.03. The lowest BCUT2D eigenvalue weighted by Crippen LogP contribution is -2.04. The second-order valence-electron chi connectivity index (χ2n) is 4.12. The number of hydrogen-bond acceptors (Lipinski definition) is 3. The monoisotopic (exact) mass is 241 g/mol. The highest BCUT2D eigenvalue weighted by Gasteiger charge is 2.09. The van der Waals surface area contributed by atoms with Crippen LogP contribution in [-0.2, 0) is 6.54 Å². The van der Waals surface area contributed by atoms with Gasteiger partial charge in [0.05, 0.1) is 12.8 Å². The molecule has 4 heteroatoms. The van der Waals surface area contributed by atoms with E-state index in [0.29, 0.717) is 17.9 Å². The number of nitrogens with two attached hydrogens (primary N) is 1. The molecule has 0 bridgehead atoms. The molecule has 0 saturated carbocycles. The summed E-state index contributed by atoms with van der Waals surface area (Å²) in [6.45, 7) is 2.55. The average molecular weight is 241 g/mol. The van der Waals surface area contributed by atoms with E-state index in [1.807, 2.05) is 35.8 Å². The molecule has 2 aromatic rings. The van der Waals surface area contributed by atoms with Gasteiger partial charge < -0.3 is 15.0 Å². The number of ether oxygens (including phenoxy) is 1. The van der Waals surface area contributed by atoms with Crippen molar-refractivity contribution in [3.05, 3.63) is 47.3 Å². The Morgan fingerprint density at radius 1 is 1.33 bits per heavy atom. The normalized spacial score (nSPS) is 10.1. The van der Waals surface area contributed by atoms with E-state index in [4.69, 9.17) is 15.7 Å². The molecule has 4 nitrogen and oxygen atoms in total. The Morgan fingerprint density at radius 3 is 2.56 bits per heavy atom. The first-order chi connectivity index (χ1) is 8.65. The first-order valence-electron chi connectivity index (χ1n) is 5.64. The Labute approximate surface area is 106 Å². The number of anilines is 1. The van der Waals surface area contributed by atoms with Crippen LogP contribution in [0.2, 0.25) is 0 Å². The lowest BCUT2D eigenvalue weighted by atomic mass is 10.2. The minimum atomic E-state index is 0.584. The summed E-state index contributed by atoms with van der Waals surface area (Å²) in [7, 11) is 1.64. The molecule has 92 valence electrons. The molecule has 0 aliphatic carbocycles. The quantitative estimate of drug-likeness (QED) is 0.896. The van der Waals surface area contributed by atoms with Crippen LogP contribution < -0.4 is 10.5 Å². The Bertz CT molecular complexity index is 591. The van der Waals surface area contributed by atoms with Crippen molar-refractivity contribution in [2.24, 2.45) is 0 Å². The highest BCUT2D eigenvalue weighted by molar-refractivity contribution is 5.50. The van der Waals surface area contributed by atoms with Crippen molar-refractivity contribution in [3.8, 4) is 11.8 Å². The van der Waals surface area contributed by atoms with Gasteiger partial charge in [-0.15, -0.1) is 0 Å². The molecule has 0 aliphatic rings. The average Bonchev–Trinajstić information content (AvgIpc) is 2.67. The number of benzene rings is 1. The number of nitrogens with zero attached hydrogens (tertiary/aromatic N) is 2. The van der Waals surface area contributed by atoms with Crippen LogP contribution in [0.15, 0.2) is 30.3 Å². The Morgan fingerprint density at radius 2 is 2.00 bits per heavy atom. The molecule has 0 aliphatic heterocycles. The number of nitriles is 1. The molecule has 0 amide bonds. The molecule has 18 heavy (non-hydrogen) atoms. The summed E-state index contributed by atoms with van der Waals surface area (Å²) in [6.07, 6.45) is 0. The maximum absolute atomic E-state index is 9.07. The van der Waals surface area contributed by atoms with Crippen molar-refractivity contribution in [2.75, 3.05) is 12.8 Å². The fourth-order valence-electron chi connectivity index (χ4n) is 1.88. The first-order valence-corrected chi connectivity index (χ1v) is 5.64. The molecule has 1 aromatic carbocycles. The maximum atomic E-state index is 9.07. The minimum absolute atomic E-state index is 0.584. The van der Waals surface area contributed by atoms with Crippen molar-refractivity contribution in [1.29, 1.82) is 5.26 Å². The van der Waals surface area contributed by atoms with Gasteiger partial charge >= 0.3 is 0 Å². The van der Waals surface area contributed by atoms with Gasteiger partial charge in [0.1, 0.15) is 17.5 Å². The number of methoxy groups -OCH3 is 1. The van der Waals surface area contributed by atoms with E-state index in [-0.39, 0.29) is 0 Å². The van der Waals surface area contributed by atoms with Crippen molar-refractivity contribution < 1.29 is 4.74 Å². The van der Waals surface area contributed by atoms with Gasteiger partial charge in [-0.3, -0.25) is 0 Å². The number of aromatic nitrogens is 1. The Balaban J connectivity index is 2.31. The fraction of sp³-hybridized carbons (Fsp3) is 0.214. The molecule has 0 fully saturated rings. The van der Waals surface area contributed by atoms with E-state index < -0.39 is 0 Å². The SMILES string of the molecule is COc1ccc(Cn2c(C#N)cc(N)c2C)cc1. The summed E-state index contributed by atoms with van der Waals surface area (Å²) in [6, 6.07) is 11.6. The van der Waals surface area contributed by atoms with Gasteiger partial charge in [0.2, 0.25) is 0 Å². The maximum Gasteiger partial charge on any atom is 0.122 e. The predicted octanol–water partition coefficient (Wildman–Crippen LogP) is 2.31. The summed E-state index contributed by atoms with van der Waals surface area (Å²) >= 11 is 0. The molecule has 1 aromatic heterocycles. The second kappa shape index (κ2) is 4.84. The molecular weight excluding hydrogens is 226 g/mol. The summed E-state index contributed by atoms with van der Waals surface area (Å²) in [4.78, 5) is 0. The van der Waals surface area contributed by atoms with E-state index in [1.165, 1.54) is 0 Å². The lowest BCUT2D eigenvalue weighted by molar-refractivity contribution is 0.414. The van der Waals surface area contributed by atoms with Gasteiger partial charge in [-0.25, -0.2) is 0 Å². The van der Waals surface area contributed by atoms with E-state index in [2.05, 4.69) is 6.07 Å². The zero-order chi connectivity index (χ0) is 13.1. The summed E-state index contributed by atoms with van der Waals surface area (Å²) in [5.41, 5.74) is 9.08. The number of nitrogen functional groups attached to an aromatic ring is 1. The predicted molar refractivity (Wildman–Crippen MR) is 70.4 cm³/mol. The molecule has 0 unspecified atom stereocenters. The molecule has 0 atom stereocenters. The molecular formula is C14H15N3O. The third kappa shape index (κ3) is 2.16.